The SMILES string of the molecule is CC(C)CN(C(=O)C1CCCNC1C)C1CCCC1. The number of piperidine rings is 1. The molecule has 0 aromatic heterocycles. The molecule has 3 nitrogen and oxygen atoms in total. The van der Waals surface area contributed by atoms with E-state index in [0.29, 0.717) is 23.9 Å². The third-order valence-corrected chi connectivity index (χ3v) is 4.69. The summed E-state index contributed by atoms with van der Waals surface area (Å²) >= 11 is 0. The first-order valence-electron chi connectivity index (χ1n) is 8.13. The van der Waals surface area contributed by atoms with Crippen LogP contribution in [0.3, 0.4) is 0 Å². The number of carbonyl (C=O) groups is 1. The van der Waals surface area contributed by atoms with Crippen molar-refractivity contribution in [2.24, 2.45) is 11.8 Å². The Labute approximate surface area is 118 Å². The lowest BCUT2D eigenvalue weighted by atomic mass is 9.89. The van der Waals surface area contributed by atoms with E-state index in [0.717, 1.165) is 25.9 Å². The Morgan fingerprint density at radius 2 is 1.89 bits per heavy atom. The maximum Gasteiger partial charge on any atom is 0.227 e. The highest BCUT2D eigenvalue weighted by Crippen LogP contribution is 2.28. The molecule has 1 heterocycles. The monoisotopic (exact) mass is 266 g/mol. The molecule has 0 aromatic rings. The van der Waals surface area contributed by atoms with Gasteiger partial charge in [0.25, 0.3) is 0 Å². The van der Waals surface area contributed by atoms with Crippen LogP contribution in [0.4, 0.5) is 0 Å². The molecular formula is C16H30N2O. The molecule has 1 aliphatic heterocycles. The minimum atomic E-state index is 0.202. The summed E-state index contributed by atoms with van der Waals surface area (Å²) < 4.78 is 0. The molecular weight excluding hydrogens is 236 g/mol. The molecule has 0 radical (unpaired) electrons. The predicted molar refractivity (Wildman–Crippen MR) is 79.0 cm³/mol. The second-order valence-corrected chi connectivity index (χ2v) is 6.81. The van der Waals surface area contributed by atoms with Crippen molar-refractivity contribution in [1.29, 1.82) is 0 Å². The van der Waals surface area contributed by atoms with Gasteiger partial charge in [0.1, 0.15) is 0 Å². The fourth-order valence-electron chi connectivity index (χ4n) is 3.62. The zero-order valence-electron chi connectivity index (χ0n) is 12.8. The van der Waals surface area contributed by atoms with E-state index in [1.165, 1.54) is 25.7 Å². The van der Waals surface area contributed by atoms with Crippen molar-refractivity contribution in [1.82, 2.24) is 10.2 Å². The summed E-state index contributed by atoms with van der Waals surface area (Å²) in [7, 11) is 0. The van der Waals surface area contributed by atoms with Crippen LogP contribution in [0.15, 0.2) is 0 Å². The van der Waals surface area contributed by atoms with Crippen molar-refractivity contribution in [2.45, 2.75) is 71.4 Å². The number of nitrogens with zero attached hydrogens (tertiary/aromatic N) is 1. The van der Waals surface area contributed by atoms with Gasteiger partial charge in [-0.1, -0.05) is 26.7 Å². The molecule has 3 heteroatoms. The summed E-state index contributed by atoms with van der Waals surface area (Å²) in [5, 5.41) is 3.46. The summed E-state index contributed by atoms with van der Waals surface area (Å²) in [4.78, 5) is 15.1. The summed E-state index contributed by atoms with van der Waals surface area (Å²) in [5.74, 6) is 1.19. The molecule has 0 spiro atoms. The zero-order valence-corrected chi connectivity index (χ0v) is 12.8. The van der Waals surface area contributed by atoms with Crippen molar-refractivity contribution < 1.29 is 4.79 Å². The second kappa shape index (κ2) is 6.74. The molecule has 1 amide bonds. The highest BCUT2D eigenvalue weighted by Gasteiger charge is 2.35. The molecule has 19 heavy (non-hydrogen) atoms. The first-order chi connectivity index (χ1) is 9.09. The van der Waals surface area contributed by atoms with Gasteiger partial charge in [-0.2, -0.15) is 0 Å². The number of nitrogens with one attached hydrogen (secondary N) is 1. The van der Waals surface area contributed by atoms with E-state index >= 15 is 0 Å². The maximum atomic E-state index is 12.9. The van der Waals surface area contributed by atoms with Gasteiger partial charge in [0, 0.05) is 18.6 Å². The van der Waals surface area contributed by atoms with Gasteiger partial charge in [-0.3, -0.25) is 4.79 Å². The van der Waals surface area contributed by atoms with E-state index in [4.69, 9.17) is 0 Å². The quantitative estimate of drug-likeness (QED) is 0.848. The molecule has 110 valence electrons. The van der Waals surface area contributed by atoms with E-state index in [1.807, 2.05) is 0 Å². The third-order valence-electron chi connectivity index (χ3n) is 4.69. The van der Waals surface area contributed by atoms with E-state index < -0.39 is 0 Å². The fourth-order valence-corrected chi connectivity index (χ4v) is 3.62. The second-order valence-electron chi connectivity index (χ2n) is 6.81. The van der Waals surface area contributed by atoms with Crippen LogP contribution in [-0.2, 0) is 4.79 Å². The van der Waals surface area contributed by atoms with E-state index in [9.17, 15) is 4.79 Å². The highest BCUT2D eigenvalue weighted by molar-refractivity contribution is 5.80. The highest BCUT2D eigenvalue weighted by atomic mass is 16.2. The zero-order chi connectivity index (χ0) is 13.8. The minimum absolute atomic E-state index is 0.202. The number of hydrogen-bond acceptors (Lipinski definition) is 2. The topological polar surface area (TPSA) is 32.3 Å². The molecule has 2 fully saturated rings. The Morgan fingerprint density at radius 3 is 2.47 bits per heavy atom. The van der Waals surface area contributed by atoms with E-state index in [1.54, 1.807) is 0 Å². The Morgan fingerprint density at radius 1 is 1.21 bits per heavy atom. The summed E-state index contributed by atoms with van der Waals surface area (Å²) in [6, 6.07) is 0.862. The van der Waals surface area contributed by atoms with Gasteiger partial charge in [-0.15, -0.1) is 0 Å². The lowest BCUT2D eigenvalue weighted by molar-refractivity contribution is -0.140. The Hall–Kier alpha value is -0.570. The van der Waals surface area contributed by atoms with Crippen LogP contribution in [0, 0.1) is 11.8 Å². The van der Waals surface area contributed by atoms with Crippen LogP contribution in [0.1, 0.15) is 59.3 Å². The van der Waals surface area contributed by atoms with Crippen LogP contribution < -0.4 is 5.32 Å². The average molecular weight is 266 g/mol. The van der Waals surface area contributed by atoms with Gasteiger partial charge in [0.2, 0.25) is 5.91 Å². The smallest absolute Gasteiger partial charge is 0.227 e. The van der Waals surface area contributed by atoms with Crippen LogP contribution in [0.2, 0.25) is 0 Å². The van der Waals surface area contributed by atoms with Gasteiger partial charge in [0.05, 0.1) is 5.92 Å². The van der Waals surface area contributed by atoms with Crippen LogP contribution in [0.25, 0.3) is 0 Å². The Kier molecular flexibility index (Phi) is 5.26. The number of amides is 1. The van der Waals surface area contributed by atoms with Crippen molar-refractivity contribution in [3.63, 3.8) is 0 Å². The number of hydrogen-bond donors (Lipinski definition) is 1. The van der Waals surface area contributed by atoms with E-state index in [2.05, 4.69) is 31.0 Å². The molecule has 2 unspecified atom stereocenters. The van der Waals surface area contributed by atoms with E-state index in [-0.39, 0.29) is 5.92 Å². The largest absolute Gasteiger partial charge is 0.339 e. The van der Waals surface area contributed by atoms with Crippen molar-refractivity contribution in [3.05, 3.63) is 0 Å². The van der Waals surface area contributed by atoms with Crippen LogP contribution in [0.5, 0.6) is 0 Å². The third kappa shape index (κ3) is 3.71. The average Bonchev–Trinajstić information content (AvgIpc) is 2.89. The molecule has 1 aliphatic carbocycles. The van der Waals surface area contributed by atoms with Crippen LogP contribution >= 0.6 is 0 Å². The lowest BCUT2D eigenvalue weighted by Gasteiger charge is -2.37. The first kappa shape index (κ1) is 14.8. The summed E-state index contributed by atoms with van der Waals surface area (Å²) in [5.41, 5.74) is 0. The summed E-state index contributed by atoms with van der Waals surface area (Å²) in [6.45, 7) is 8.62. The van der Waals surface area contributed by atoms with Gasteiger partial charge >= 0.3 is 0 Å². The van der Waals surface area contributed by atoms with Crippen molar-refractivity contribution in [3.8, 4) is 0 Å². The molecule has 2 atom stereocenters. The van der Waals surface area contributed by atoms with Crippen molar-refractivity contribution in [2.75, 3.05) is 13.1 Å². The van der Waals surface area contributed by atoms with Gasteiger partial charge < -0.3 is 10.2 Å². The molecule has 2 rings (SSSR count). The number of carbonyl (C=O) groups excluding carboxylic acids is 1. The van der Waals surface area contributed by atoms with Gasteiger partial charge in [-0.25, -0.2) is 0 Å². The minimum Gasteiger partial charge on any atom is -0.339 e. The summed E-state index contributed by atoms with van der Waals surface area (Å²) in [6.07, 6.45) is 7.23. The molecule has 1 saturated heterocycles. The fraction of sp³-hybridized carbons (Fsp3) is 0.938. The standard InChI is InChI=1S/C16H30N2O/c1-12(2)11-18(14-7-4-5-8-14)16(19)15-9-6-10-17-13(15)3/h12-15,17H,4-11H2,1-3H3. The normalized spacial score (nSPS) is 28.8. The van der Waals surface area contributed by atoms with Crippen LogP contribution in [-0.4, -0.2) is 36.0 Å². The predicted octanol–water partition coefficient (Wildman–Crippen LogP) is 2.80. The Balaban J connectivity index is 2.05. The first-order valence-corrected chi connectivity index (χ1v) is 8.13. The lowest BCUT2D eigenvalue weighted by Crippen LogP contribution is -2.51. The van der Waals surface area contributed by atoms with Gasteiger partial charge in [0.15, 0.2) is 0 Å². The Bertz CT molecular complexity index is 297. The number of rotatable bonds is 4. The maximum absolute atomic E-state index is 12.9. The molecule has 0 bridgehead atoms. The molecule has 1 N–H and O–H groups in total. The van der Waals surface area contributed by atoms with Gasteiger partial charge in [-0.05, 0) is 45.1 Å². The molecule has 1 saturated carbocycles. The van der Waals surface area contributed by atoms with Crippen molar-refractivity contribution >= 4 is 5.91 Å². The molecule has 2 aliphatic rings. The molecule has 0 aromatic carbocycles.